The number of ether oxygens (including phenoxy) is 2. The maximum atomic E-state index is 12.1. The summed E-state index contributed by atoms with van der Waals surface area (Å²) >= 11 is 0. The molecule has 0 bridgehead atoms. The first kappa shape index (κ1) is 40.6. The van der Waals surface area contributed by atoms with E-state index in [0.717, 1.165) is 77.0 Å². The molecule has 246 valence electrons. The summed E-state index contributed by atoms with van der Waals surface area (Å²) in [7, 11) is 0. The van der Waals surface area contributed by atoms with Crippen molar-refractivity contribution in [2.45, 2.75) is 155 Å². The molecule has 5 heteroatoms. The Kier molecular flexibility index (Phi) is 32.2. The lowest BCUT2D eigenvalue weighted by Crippen LogP contribution is -2.28. The fourth-order valence-electron chi connectivity index (χ4n) is 4.46. The molecule has 1 N–H and O–H groups in total. The van der Waals surface area contributed by atoms with Crippen LogP contribution < -0.4 is 0 Å². The van der Waals surface area contributed by atoms with Crippen LogP contribution in [0.1, 0.15) is 149 Å². The van der Waals surface area contributed by atoms with Gasteiger partial charge in [-0.25, -0.2) is 0 Å². The van der Waals surface area contributed by atoms with Crippen LogP contribution in [-0.2, 0) is 19.1 Å². The van der Waals surface area contributed by atoms with E-state index in [4.69, 9.17) is 9.47 Å². The van der Waals surface area contributed by atoms with Crippen molar-refractivity contribution in [1.82, 2.24) is 0 Å². The Bertz CT molecular complexity index is 777. The fourth-order valence-corrected chi connectivity index (χ4v) is 4.46. The first-order chi connectivity index (χ1) is 21.1. The Balaban J connectivity index is 3.68. The normalized spacial score (nSPS) is 12.9. The topological polar surface area (TPSA) is 72.8 Å². The molecule has 0 rings (SSSR count). The van der Waals surface area contributed by atoms with E-state index in [1.54, 1.807) is 0 Å². The van der Waals surface area contributed by atoms with Crippen molar-refractivity contribution in [2.75, 3.05) is 13.2 Å². The van der Waals surface area contributed by atoms with E-state index >= 15 is 0 Å². The van der Waals surface area contributed by atoms with E-state index in [9.17, 15) is 14.7 Å². The van der Waals surface area contributed by atoms with Gasteiger partial charge in [-0.15, -0.1) is 0 Å². The number of hydrogen-bond donors (Lipinski definition) is 1. The molecule has 0 fully saturated rings. The monoisotopic (exact) mass is 600 g/mol. The van der Waals surface area contributed by atoms with Crippen LogP contribution in [0.15, 0.2) is 60.8 Å². The van der Waals surface area contributed by atoms with Crippen LogP contribution in [0.2, 0.25) is 0 Å². The van der Waals surface area contributed by atoms with Gasteiger partial charge in [-0.3, -0.25) is 9.59 Å². The third-order valence-electron chi connectivity index (χ3n) is 7.08. The number of carbonyl (C=O) groups excluding carboxylic acids is 2. The number of aliphatic hydroxyl groups excluding tert-OH is 1. The Hall–Kier alpha value is -2.40. The highest BCUT2D eigenvalue weighted by Gasteiger charge is 2.16. The second-order valence-electron chi connectivity index (χ2n) is 11.2. The van der Waals surface area contributed by atoms with Crippen LogP contribution in [0, 0.1) is 0 Å². The van der Waals surface area contributed by atoms with Gasteiger partial charge in [-0.1, -0.05) is 139 Å². The minimum absolute atomic E-state index is 0.0842. The average Bonchev–Trinajstić information content (AvgIpc) is 3.01. The standard InChI is InChI=1S/C38H64O5/c1-3-5-7-9-11-13-15-16-17-18-19-20-21-22-23-25-26-28-30-32-37(40)42-35-36(34-39)43-38(41)33-31-29-27-24-14-12-10-8-6-4-2/h5,7,11,13,16-17,19-20,22-23,36,39H,3-4,6,8-10,12,14-15,18,21,24-35H2,1-2H3/b7-5+,13-11+,17-16+,20-19+,23-22+/t36-/m0/s1. The van der Waals surface area contributed by atoms with E-state index < -0.39 is 6.10 Å². The first-order valence-electron chi connectivity index (χ1n) is 17.3. The van der Waals surface area contributed by atoms with Crippen LogP contribution in [0.3, 0.4) is 0 Å². The van der Waals surface area contributed by atoms with Crippen LogP contribution in [0.25, 0.3) is 0 Å². The van der Waals surface area contributed by atoms with Crippen molar-refractivity contribution in [3.05, 3.63) is 60.8 Å². The van der Waals surface area contributed by atoms with Gasteiger partial charge in [0.2, 0.25) is 0 Å². The predicted octanol–water partition coefficient (Wildman–Crippen LogP) is 10.4. The predicted molar refractivity (Wildman–Crippen MR) is 182 cm³/mol. The maximum Gasteiger partial charge on any atom is 0.306 e. The maximum absolute atomic E-state index is 12.1. The highest BCUT2D eigenvalue weighted by Crippen LogP contribution is 2.12. The van der Waals surface area contributed by atoms with Crippen LogP contribution in [0.5, 0.6) is 0 Å². The summed E-state index contributed by atoms with van der Waals surface area (Å²) < 4.78 is 10.5. The average molecular weight is 601 g/mol. The van der Waals surface area contributed by atoms with Gasteiger partial charge < -0.3 is 14.6 Å². The van der Waals surface area contributed by atoms with Crippen molar-refractivity contribution >= 4 is 11.9 Å². The summed E-state index contributed by atoms with van der Waals surface area (Å²) in [6.45, 7) is 3.96. The second kappa shape index (κ2) is 34.1. The van der Waals surface area contributed by atoms with Gasteiger partial charge in [0.15, 0.2) is 6.10 Å². The smallest absolute Gasteiger partial charge is 0.306 e. The van der Waals surface area contributed by atoms with E-state index in [-0.39, 0.29) is 25.2 Å². The van der Waals surface area contributed by atoms with Gasteiger partial charge in [-0.05, 0) is 57.8 Å². The molecule has 0 heterocycles. The van der Waals surface area contributed by atoms with Crippen LogP contribution >= 0.6 is 0 Å². The zero-order valence-electron chi connectivity index (χ0n) is 27.7. The van der Waals surface area contributed by atoms with Crippen molar-refractivity contribution in [1.29, 1.82) is 0 Å². The number of aliphatic hydroxyl groups is 1. The largest absolute Gasteiger partial charge is 0.462 e. The molecule has 0 amide bonds. The quantitative estimate of drug-likeness (QED) is 0.0504. The van der Waals surface area contributed by atoms with E-state index in [2.05, 4.69) is 74.6 Å². The lowest BCUT2D eigenvalue weighted by molar-refractivity contribution is -0.161. The third-order valence-corrected chi connectivity index (χ3v) is 7.08. The molecule has 0 radical (unpaired) electrons. The summed E-state index contributed by atoms with van der Waals surface area (Å²) in [4.78, 5) is 24.1. The van der Waals surface area contributed by atoms with E-state index in [1.807, 2.05) is 0 Å². The number of unbranched alkanes of at least 4 members (excludes halogenated alkanes) is 12. The molecule has 0 aliphatic carbocycles. The zero-order chi connectivity index (χ0) is 31.5. The zero-order valence-corrected chi connectivity index (χ0v) is 27.7. The molecule has 1 atom stereocenters. The number of carbonyl (C=O) groups is 2. The van der Waals surface area contributed by atoms with Gasteiger partial charge >= 0.3 is 11.9 Å². The highest BCUT2D eigenvalue weighted by molar-refractivity contribution is 5.70. The van der Waals surface area contributed by atoms with Gasteiger partial charge in [0, 0.05) is 12.8 Å². The minimum atomic E-state index is -0.782. The van der Waals surface area contributed by atoms with E-state index in [0.29, 0.717) is 12.8 Å². The number of rotatable bonds is 30. The van der Waals surface area contributed by atoms with Gasteiger partial charge in [0.1, 0.15) is 6.61 Å². The Labute approximate surface area is 264 Å². The van der Waals surface area contributed by atoms with Gasteiger partial charge in [0.25, 0.3) is 0 Å². The van der Waals surface area contributed by atoms with Gasteiger partial charge in [-0.2, -0.15) is 0 Å². The Morgan fingerprint density at radius 1 is 0.558 bits per heavy atom. The van der Waals surface area contributed by atoms with Crippen LogP contribution in [0.4, 0.5) is 0 Å². The molecule has 0 aromatic rings. The molecule has 0 aromatic carbocycles. The lowest BCUT2D eigenvalue weighted by atomic mass is 10.1. The summed E-state index contributed by atoms with van der Waals surface area (Å²) in [6, 6.07) is 0. The molecule has 0 saturated carbocycles. The second-order valence-corrected chi connectivity index (χ2v) is 11.2. The molecule has 0 aromatic heterocycles. The molecular weight excluding hydrogens is 536 g/mol. The third kappa shape index (κ3) is 32.4. The van der Waals surface area contributed by atoms with Crippen LogP contribution in [-0.4, -0.2) is 36.4 Å². The van der Waals surface area contributed by atoms with Crippen molar-refractivity contribution < 1.29 is 24.2 Å². The number of allylic oxidation sites excluding steroid dienone is 10. The SMILES string of the molecule is CC/C=C/C/C=C/C/C=C/C/C=C/C/C=C/CCCCCC(=O)OC[C@H](CO)OC(=O)CCCCCCCCCCCC. The highest BCUT2D eigenvalue weighted by atomic mass is 16.6. The summed E-state index contributed by atoms with van der Waals surface area (Å²) in [5.41, 5.74) is 0. The summed E-state index contributed by atoms with van der Waals surface area (Å²) in [5.74, 6) is -0.635. The Morgan fingerprint density at radius 3 is 1.51 bits per heavy atom. The van der Waals surface area contributed by atoms with E-state index in [1.165, 1.54) is 44.9 Å². The number of hydrogen-bond acceptors (Lipinski definition) is 5. The minimum Gasteiger partial charge on any atom is -0.462 e. The summed E-state index contributed by atoms with van der Waals surface area (Å²) in [6.07, 6.45) is 42.7. The molecule has 43 heavy (non-hydrogen) atoms. The molecule has 0 spiro atoms. The number of esters is 2. The molecule has 0 aliphatic rings. The molecule has 0 aliphatic heterocycles. The molecule has 0 unspecified atom stereocenters. The van der Waals surface area contributed by atoms with Crippen molar-refractivity contribution in [2.24, 2.45) is 0 Å². The summed E-state index contributed by atoms with van der Waals surface area (Å²) in [5, 5.41) is 9.49. The molecule has 5 nitrogen and oxygen atoms in total. The van der Waals surface area contributed by atoms with Crippen molar-refractivity contribution in [3.8, 4) is 0 Å². The lowest BCUT2D eigenvalue weighted by Gasteiger charge is -2.15. The fraction of sp³-hybridized carbons (Fsp3) is 0.684. The molecular formula is C38H64O5. The first-order valence-corrected chi connectivity index (χ1v) is 17.3. The van der Waals surface area contributed by atoms with Crippen molar-refractivity contribution in [3.63, 3.8) is 0 Å². The Morgan fingerprint density at radius 2 is 1.00 bits per heavy atom. The molecule has 0 saturated heterocycles. The van der Waals surface area contributed by atoms with Gasteiger partial charge in [0.05, 0.1) is 6.61 Å².